The second-order valence-corrected chi connectivity index (χ2v) is 5.14. The Morgan fingerprint density at radius 3 is 2.38 bits per heavy atom. The summed E-state index contributed by atoms with van der Waals surface area (Å²) in [5.41, 5.74) is 1.26. The fourth-order valence-electron chi connectivity index (χ4n) is 2.19. The van der Waals surface area contributed by atoms with Crippen LogP contribution in [0.2, 0.25) is 0 Å². The third kappa shape index (κ3) is 4.61. The predicted octanol–water partition coefficient (Wildman–Crippen LogP) is 4.43. The lowest BCUT2D eigenvalue weighted by Gasteiger charge is -2.16. The Morgan fingerprint density at radius 2 is 1.75 bits per heavy atom. The fourth-order valence-corrected chi connectivity index (χ4v) is 2.19. The highest BCUT2D eigenvalue weighted by Crippen LogP contribution is 2.29. The van der Waals surface area contributed by atoms with Crippen LogP contribution in [0.4, 0.5) is 17.6 Å². The maximum absolute atomic E-state index is 13.3. The molecule has 0 aliphatic rings. The molecule has 0 bridgehead atoms. The minimum atomic E-state index is -2.96. The number of nitrogens with one attached hydrogen (secondary N) is 1. The van der Waals surface area contributed by atoms with Crippen molar-refractivity contribution in [1.29, 1.82) is 0 Å². The number of hydrogen-bond donors (Lipinski definition) is 1. The molecule has 0 aliphatic carbocycles. The smallest absolute Gasteiger partial charge is 0.387 e. The Morgan fingerprint density at radius 1 is 1.00 bits per heavy atom. The quantitative estimate of drug-likeness (QED) is 0.755. The number of rotatable bonds is 7. The second kappa shape index (κ2) is 8.01. The summed E-state index contributed by atoms with van der Waals surface area (Å²) in [6.07, 6.45) is 0. The van der Waals surface area contributed by atoms with Crippen LogP contribution >= 0.6 is 0 Å². The molecule has 1 atom stereocenters. The fraction of sp³-hybridized carbons (Fsp3) is 0.294. The summed E-state index contributed by atoms with van der Waals surface area (Å²) in [5, 5.41) is 3.11. The van der Waals surface area contributed by atoms with Gasteiger partial charge in [-0.05, 0) is 42.3 Å². The summed E-state index contributed by atoms with van der Waals surface area (Å²) in [5.74, 6) is -1.69. The largest absolute Gasteiger partial charge is 0.493 e. The van der Waals surface area contributed by atoms with E-state index < -0.39 is 18.2 Å². The number of methoxy groups -OCH3 is 1. The van der Waals surface area contributed by atoms with Gasteiger partial charge in [-0.15, -0.1) is 0 Å². The number of benzene rings is 2. The van der Waals surface area contributed by atoms with E-state index in [-0.39, 0.29) is 17.5 Å². The lowest BCUT2D eigenvalue weighted by atomic mass is 10.1. The molecule has 0 radical (unpaired) electrons. The van der Waals surface area contributed by atoms with Gasteiger partial charge in [0.05, 0.1) is 7.11 Å². The monoisotopic (exact) mass is 343 g/mol. The number of halogens is 4. The zero-order chi connectivity index (χ0) is 17.7. The van der Waals surface area contributed by atoms with Crippen molar-refractivity contribution in [2.75, 3.05) is 7.11 Å². The van der Waals surface area contributed by atoms with Crippen LogP contribution in [0.1, 0.15) is 24.1 Å². The van der Waals surface area contributed by atoms with E-state index in [0.29, 0.717) is 17.7 Å². The molecule has 24 heavy (non-hydrogen) atoms. The molecule has 2 aromatic carbocycles. The van der Waals surface area contributed by atoms with Crippen molar-refractivity contribution < 1.29 is 27.0 Å². The molecule has 0 heterocycles. The first-order valence-electron chi connectivity index (χ1n) is 7.20. The first-order chi connectivity index (χ1) is 11.4. The number of hydrogen-bond acceptors (Lipinski definition) is 3. The first-order valence-corrected chi connectivity index (χ1v) is 7.20. The van der Waals surface area contributed by atoms with Crippen molar-refractivity contribution >= 4 is 0 Å². The standard InChI is InChI=1S/C17H17F4NO2/c1-10(12-4-5-13(18)14(19)8-12)22-9-11-3-6-15(23-2)16(7-11)24-17(20)21/h3-8,10,17,22H,9H2,1-2H3. The Labute approximate surface area is 137 Å². The Hall–Kier alpha value is -2.28. The van der Waals surface area contributed by atoms with Gasteiger partial charge in [0.1, 0.15) is 0 Å². The van der Waals surface area contributed by atoms with E-state index in [9.17, 15) is 17.6 Å². The van der Waals surface area contributed by atoms with Crippen molar-refractivity contribution in [1.82, 2.24) is 5.32 Å². The zero-order valence-electron chi connectivity index (χ0n) is 13.2. The summed E-state index contributed by atoms with van der Waals surface area (Å²) >= 11 is 0. The van der Waals surface area contributed by atoms with Crippen LogP contribution in [0.3, 0.4) is 0 Å². The van der Waals surface area contributed by atoms with Gasteiger partial charge in [0.2, 0.25) is 0 Å². The lowest BCUT2D eigenvalue weighted by Crippen LogP contribution is -2.18. The highest BCUT2D eigenvalue weighted by atomic mass is 19.3. The normalized spacial score (nSPS) is 12.3. The molecule has 0 spiro atoms. The van der Waals surface area contributed by atoms with Crippen molar-refractivity contribution in [2.24, 2.45) is 0 Å². The van der Waals surface area contributed by atoms with Crippen molar-refractivity contribution in [3.05, 3.63) is 59.2 Å². The van der Waals surface area contributed by atoms with Crippen LogP contribution in [0.25, 0.3) is 0 Å². The van der Waals surface area contributed by atoms with Crippen molar-refractivity contribution in [3.63, 3.8) is 0 Å². The average Bonchev–Trinajstić information content (AvgIpc) is 2.54. The molecule has 0 saturated heterocycles. The van der Waals surface area contributed by atoms with Crippen molar-refractivity contribution in [3.8, 4) is 11.5 Å². The van der Waals surface area contributed by atoms with E-state index in [1.165, 1.54) is 25.3 Å². The molecule has 2 aromatic rings. The highest BCUT2D eigenvalue weighted by Gasteiger charge is 2.13. The molecule has 0 aromatic heterocycles. The summed E-state index contributed by atoms with van der Waals surface area (Å²) in [4.78, 5) is 0. The van der Waals surface area contributed by atoms with Gasteiger partial charge in [-0.1, -0.05) is 12.1 Å². The van der Waals surface area contributed by atoms with E-state index in [0.717, 1.165) is 12.1 Å². The van der Waals surface area contributed by atoms with Gasteiger partial charge in [0, 0.05) is 12.6 Å². The van der Waals surface area contributed by atoms with Crippen LogP contribution in [-0.2, 0) is 6.54 Å². The van der Waals surface area contributed by atoms with Crippen LogP contribution in [0.15, 0.2) is 36.4 Å². The molecule has 0 fully saturated rings. The van der Waals surface area contributed by atoms with Gasteiger partial charge in [-0.25, -0.2) is 8.78 Å². The molecular weight excluding hydrogens is 326 g/mol. The van der Waals surface area contributed by atoms with Crippen LogP contribution < -0.4 is 14.8 Å². The van der Waals surface area contributed by atoms with Gasteiger partial charge < -0.3 is 14.8 Å². The molecule has 3 nitrogen and oxygen atoms in total. The molecule has 2 rings (SSSR count). The van der Waals surface area contributed by atoms with Crippen LogP contribution in [-0.4, -0.2) is 13.7 Å². The molecule has 0 amide bonds. The number of alkyl halides is 2. The molecule has 0 saturated carbocycles. The van der Waals surface area contributed by atoms with Crippen LogP contribution in [0.5, 0.6) is 11.5 Å². The molecule has 1 N–H and O–H groups in total. The van der Waals surface area contributed by atoms with E-state index in [4.69, 9.17) is 4.74 Å². The van der Waals surface area contributed by atoms with E-state index >= 15 is 0 Å². The van der Waals surface area contributed by atoms with E-state index in [1.807, 2.05) is 0 Å². The predicted molar refractivity (Wildman–Crippen MR) is 81.2 cm³/mol. The average molecular weight is 343 g/mol. The maximum atomic E-state index is 13.3. The SMILES string of the molecule is COc1ccc(CNC(C)c2ccc(F)c(F)c2)cc1OC(F)F. The zero-order valence-corrected chi connectivity index (χ0v) is 13.2. The van der Waals surface area contributed by atoms with Gasteiger partial charge in [0.25, 0.3) is 0 Å². The Kier molecular flexibility index (Phi) is 6.03. The van der Waals surface area contributed by atoms with Gasteiger partial charge in [0.15, 0.2) is 23.1 Å². The second-order valence-electron chi connectivity index (χ2n) is 5.14. The molecule has 130 valence electrons. The summed E-state index contributed by atoms with van der Waals surface area (Å²) in [7, 11) is 1.36. The third-order valence-corrected chi connectivity index (χ3v) is 3.50. The Bertz CT molecular complexity index is 694. The van der Waals surface area contributed by atoms with Crippen molar-refractivity contribution in [2.45, 2.75) is 26.1 Å². The topological polar surface area (TPSA) is 30.5 Å². The molecule has 1 unspecified atom stereocenters. The van der Waals surface area contributed by atoms with E-state index in [2.05, 4.69) is 10.1 Å². The molecule has 7 heteroatoms. The summed E-state index contributed by atoms with van der Waals surface area (Å²) in [6, 6.07) is 8.06. The molecule has 0 aliphatic heterocycles. The summed E-state index contributed by atoms with van der Waals surface area (Å²) in [6.45, 7) is -0.848. The molecular formula is C17H17F4NO2. The summed E-state index contributed by atoms with van der Waals surface area (Å²) < 4.78 is 60.4. The lowest BCUT2D eigenvalue weighted by molar-refractivity contribution is -0.0512. The maximum Gasteiger partial charge on any atom is 0.387 e. The minimum Gasteiger partial charge on any atom is -0.493 e. The van der Waals surface area contributed by atoms with Gasteiger partial charge in [-0.2, -0.15) is 8.78 Å². The highest BCUT2D eigenvalue weighted by molar-refractivity contribution is 5.43. The minimum absolute atomic E-state index is 0.0627. The third-order valence-electron chi connectivity index (χ3n) is 3.50. The first kappa shape index (κ1) is 18.1. The van der Waals surface area contributed by atoms with Gasteiger partial charge >= 0.3 is 6.61 Å². The van der Waals surface area contributed by atoms with Gasteiger partial charge in [-0.3, -0.25) is 0 Å². The van der Waals surface area contributed by atoms with E-state index in [1.54, 1.807) is 13.0 Å². The number of ether oxygens (including phenoxy) is 2. The Balaban J connectivity index is 2.06. The van der Waals surface area contributed by atoms with Crippen LogP contribution in [0, 0.1) is 11.6 Å².